The molecule has 5 nitrogen and oxygen atoms in total. The molecule has 0 aromatic carbocycles. The van der Waals surface area contributed by atoms with Crippen LogP contribution in [0.5, 0.6) is 0 Å². The third kappa shape index (κ3) is 5.04. The molecule has 1 saturated heterocycles. The molecule has 1 aliphatic heterocycles. The van der Waals surface area contributed by atoms with Gasteiger partial charge >= 0.3 is 5.97 Å². The van der Waals surface area contributed by atoms with Crippen LogP contribution < -0.4 is 0 Å². The number of carboxylic acid groups (broad SMARTS) is 1. The summed E-state index contributed by atoms with van der Waals surface area (Å²) in [6.45, 7) is 5.68. The second-order valence-electron chi connectivity index (χ2n) is 5.04. The van der Waals surface area contributed by atoms with Crippen molar-refractivity contribution in [2.75, 3.05) is 19.7 Å². The molecule has 0 radical (unpaired) electrons. The summed E-state index contributed by atoms with van der Waals surface area (Å²) in [4.78, 5) is 24.2. The average Bonchev–Trinajstić information content (AvgIpc) is 2.30. The first-order valence-corrected chi connectivity index (χ1v) is 6.63. The van der Waals surface area contributed by atoms with Crippen molar-refractivity contribution < 1.29 is 19.4 Å². The summed E-state index contributed by atoms with van der Waals surface area (Å²) in [6, 6.07) is 0. The zero-order valence-corrected chi connectivity index (χ0v) is 11.2. The summed E-state index contributed by atoms with van der Waals surface area (Å²) < 4.78 is 5.42. The minimum Gasteiger partial charge on any atom is -0.481 e. The SMILES string of the molecule is CC(C)OCCCCN1CC(C(=O)O)CCC1=O. The largest absolute Gasteiger partial charge is 0.481 e. The van der Waals surface area contributed by atoms with Gasteiger partial charge in [-0.15, -0.1) is 0 Å². The molecular weight excluding hydrogens is 234 g/mol. The first-order valence-electron chi connectivity index (χ1n) is 6.63. The quantitative estimate of drug-likeness (QED) is 0.702. The smallest absolute Gasteiger partial charge is 0.308 e. The number of rotatable bonds is 7. The van der Waals surface area contributed by atoms with Crippen LogP contribution in [0.4, 0.5) is 0 Å². The third-order valence-corrected chi connectivity index (χ3v) is 3.12. The van der Waals surface area contributed by atoms with E-state index in [9.17, 15) is 9.59 Å². The molecule has 0 saturated carbocycles. The van der Waals surface area contributed by atoms with Crippen molar-refractivity contribution in [3.8, 4) is 0 Å². The number of carboxylic acids is 1. The molecule has 0 spiro atoms. The van der Waals surface area contributed by atoms with E-state index in [0.29, 0.717) is 32.5 Å². The number of carbonyl (C=O) groups is 2. The van der Waals surface area contributed by atoms with Crippen molar-refractivity contribution in [3.05, 3.63) is 0 Å². The minimum atomic E-state index is -0.796. The first kappa shape index (κ1) is 15.0. The second-order valence-corrected chi connectivity index (χ2v) is 5.04. The normalized spacial score (nSPS) is 20.5. The number of hydrogen-bond donors (Lipinski definition) is 1. The highest BCUT2D eigenvalue weighted by molar-refractivity contribution is 5.80. The summed E-state index contributed by atoms with van der Waals surface area (Å²) >= 11 is 0. The van der Waals surface area contributed by atoms with Crippen molar-refractivity contribution >= 4 is 11.9 Å². The Hall–Kier alpha value is -1.10. The number of aliphatic carboxylic acids is 1. The molecule has 18 heavy (non-hydrogen) atoms. The lowest BCUT2D eigenvalue weighted by Crippen LogP contribution is -2.43. The van der Waals surface area contributed by atoms with Crippen LogP contribution in [-0.4, -0.2) is 47.7 Å². The van der Waals surface area contributed by atoms with Crippen molar-refractivity contribution in [1.29, 1.82) is 0 Å². The molecular formula is C13H23NO4. The fourth-order valence-corrected chi connectivity index (χ4v) is 2.06. The van der Waals surface area contributed by atoms with Gasteiger partial charge in [-0.2, -0.15) is 0 Å². The maximum atomic E-state index is 11.6. The summed E-state index contributed by atoms with van der Waals surface area (Å²) in [6.07, 6.45) is 2.84. The Balaban J connectivity index is 2.23. The molecule has 1 fully saturated rings. The number of likely N-dealkylation sites (tertiary alicyclic amines) is 1. The van der Waals surface area contributed by atoms with Crippen LogP contribution in [0.15, 0.2) is 0 Å². The Kier molecular flexibility index (Phi) is 6.12. The zero-order chi connectivity index (χ0) is 13.5. The topological polar surface area (TPSA) is 66.8 Å². The highest BCUT2D eigenvalue weighted by Crippen LogP contribution is 2.18. The number of hydrogen-bond acceptors (Lipinski definition) is 3. The lowest BCUT2D eigenvalue weighted by molar-refractivity contribution is -0.147. The van der Waals surface area contributed by atoms with E-state index < -0.39 is 11.9 Å². The average molecular weight is 257 g/mol. The summed E-state index contributed by atoms with van der Waals surface area (Å²) in [5.74, 6) is -1.11. The highest BCUT2D eigenvalue weighted by Gasteiger charge is 2.29. The van der Waals surface area contributed by atoms with E-state index in [-0.39, 0.29) is 12.0 Å². The number of carbonyl (C=O) groups excluding carboxylic acids is 1. The molecule has 1 heterocycles. The molecule has 1 aliphatic rings. The van der Waals surface area contributed by atoms with Gasteiger partial charge in [-0.3, -0.25) is 9.59 Å². The van der Waals surface area contributed by atoms with Gasteiger partial charge in [0.2, 0.25) is 5.91 Å². The fraction of sp³-hybridized carbons (Fsp3) is 0.846. The van der Waals surface area contributed by atoms with Gasteiger partial charge in [0.1, 0.15) is 0 Å². The Labute approximate surface area is 108 Å². The van der Waals surface area contributed by atoms with Crippen LogP contribution in [0.1, 0.15) is 39.5 Å². The van der Waals surface area contributed by atoms with Crippen molar-refractivity contribution in [1.82, 2.24) is 4.90 Å². The number of nitrogens with zero attached hydrogens (tertiary/aromatic N) is 1. The van der Waals surface area contributed by atoms with E-state index in [2.05, 4.69) is 0 Å². The first-order chi connectivity index (χ1) is 8.50. The van der Waals surface area contributed by atoms with E-state index in [1.165, 1.54) is 0 Å². The Bertz CT molecular complexity index is 291. The fourth-order valence-electron chi connectivity index (χ4n) is 2.06. The zero-order valence-electron chi connectivity index (χ0n) is 11.2. The molecule has 1 rings (SSSR count). The van der Waals surface area contributed by atoms with Gasteiger partial charge in [-0.1, -0.05) is 0 Å². The maximum absolute atomic E-state index is 11.6. The van der Waals surface area contributed by atoms with Crippen LogP contribution in [-0.2, 0) is 14.3 Å². The van der Waals surface area contributed by atoms with E-state index in [0.717, 1.165) is 12.8 Å². The third-order valence-electron chi connectivity index (χ3n) is 3.12. The van der Waals surface area contributed by atoms with Crippen LogP contribution in [0, 0.1) is 5.92 Å². The second kappa shape index (κ2) is 7.36. The standard InChI is InChI=1S/C13H23NO4/c1-10(2)18-8-4-3-7-14-9-11(13(16)17)5-6-12(14)15/h10-11H,3-9H2,1-2H3,(H,16,17). The van der Waals surface area contributed by atoms with E-state index >= 15 is 0 Å². The summed E-state index contributed by atoms with van der Waals surface area (Å²) in [5.41, 5.74) is 0. The molecule has 5 heteroatoms. The maximum Gasteiger partial charge on any atom is 0.308 e. The lowest BCUT2D eigenvalue weighted by Gasteiger charge is -2.30. The van der Waals surface area contributed by atoms with Gasteiger partial charge in [-0.25, -0.2) is 0 Å². The number of ether oxygens (including phenoxy) is 1. The monoisotopic (exact) mass is 257 g/mol. The van der Waals surface area contributed by atoms with Crippen molar-refractivity contribution in [2.24, 2.45) is 5.92 Å². The molecule has 1 atom stereocenters. The molecule has 0 bridgehead atoms. The molecule has 1 unspecified atom stereocenters. The summed E-state index contributed by atoms with van der Waals surface area (Å²) in [5, 5.41) is 8.96. The Morgan fingerprint density at radius 2 is 2.22 bits per heavy atom. The molecule has 1 N–H and O–H groups in total. The number of piperidine rings is 1. The minimum absolute atomic E-state index is 0.0808. The Morgan fingerprint density at radius 1 is 1.50 bits per heavy atom. The molecule has 0 aromatic heterocycles. The van der Waals surface area contributed by atoms with Gasteiger partial charge in [0.25, 0.3) is 0 Å². The van der Waals surface area contributed by atoms with Crippen molar-refractivity contribution in [3.63, 3.8) is 0 Å². The van der Waals surface area contributed by atoms with Gasteiger partial charge < -0.3 is 14.7 Å². The van der Waals surface area contributed by atoms with Crippen LogP contribution in [0.25, 0.3) is 0 Å². The molecule has 0 aromatic rings. The van der Waals surface area contributed by atoms with Gasteiger partial charge in [0.05, 0.1) is 12.0 Å². The van der Waals surface area contributed by atoms with E-state index in [1.54, 1.807) is 4.90 Å². The van der Waals surface area contributed by atoms with Crippen LogP contribution in [0.2, 0.25) is 0 Å². The van der Waals surface area contributed by atoms with Gasteiger partial charge in [-0.05, 0) is 33.1 Å². The molecule has 0 aliphatic carbocycles. The number of unbranched alkanes of at least 4 members (excludes halogenated alkanes) is 1. The predicted octanol–water partition coefficient (Wildman–Crippen LogP) is 1.51. The molecule has 1 amide bonds. The van der Waals surface area contributed by atoms with Crippen molar-refractivity contribution in [2.45, 2.75) is 45.6 Å². The van der Waals surface area contributed by atoms with Gasteiger partial charge in [0, 0.05) is 26.1 Å². The van der Waals surface area contributed by atoms with Crippen LogP contribution >= 0.6 is 0 Å². The van der Waals surface area contributed by atoms with Gasteiger partial charge in [0.15, 0.2) is 0 Å². The number of amides is 1. The predicted molar refractivity (Wildman–Crippen MR) is 67.3 cm³/mol. The van der Waals surface area contributed by atoms with Crippen LogP contribution in [0.3, 0.4) is 0 Å². The summed E-state index contributed by atoms with van der Waals surface area (Å²) in [7, 11) is 0. The highest BCUT2D eigenvalue weighted by atomic mass is 16.5. The van der Waals surface area contributed by atoms with E-state index in [4.69, 9.17) is 9.84 Å². The Morgan fingerprint density at radius 3 is 2.83 bits per heavy atom. The lowest BCUT2D eigenvalue weighted by atomic mass is 9.97. The van der Waals surface area contributed by atoms with E-state index in [1.807, 2.05) is 13.8 Å². The molecule has 104 valence electrons.